The van der Waals surface area contributed by atoms with Gasteiger partial charge in [0.25, 0.3) is 0 Å². The number of aliphatic carboxylic acids is 1. The maximum absolute atomic E-state index is 12.6. The number of hydrogen-bond donors (Lipinski definition) is 1. The highest BCUT2D eigenvalue weighted by molar-refractivity contribution is 5.84. The summed E-state index contributed by atoms with van der Waals surface area (Å²) in [6, 6.07) is 6.83. The molecule has 4 rings (SSSR count). The Labute approximate surface area is 144 Å². The van der Waals surface area contributed by atoms with Crippen molar-refractivity contribution in [2.24, 2.45) is 0 Å². The van der Waals surface area contributed by atoms with E-state index >= 15 is 0 Å². The number of nitrogens with zero attached hydrogens (tertiary/aromatic N) is 3. The zero-order valence-electron chi connectivity index (χ0n) is 13.7. The Balaban J connectivity index is 1.44. The van der Waals surface area contributed by atoms with E-state index in [0.29, 0.717) is 31.2 Å². The van der Waals surface area contributed by atoms with Gasteiger partial charge in [-0.2, -0.15) is 4.98 Å². The quantitative estimate of drug-likeness (QED) is 0.892. The Kier molecular flexibility index (Phi) is 3.99. The van der Waals surface area contributed by atoms with Crippen molar-refractivity contribution in [1.29, 1.82) is 0 Å². The molecule has 2 aliphatic rings. The summed E-state index contributed by atoms with van der Waals surface area (Å²) in [5.74, 6) is 0.394. The molecule has 130 valence electrons. The van der Waals surface area contributed by atoms with Crippen molar-refractivity contribution in [3.8, 4) is 0 Å². The Hall–Kier alpha value is -2.70. The van der Waals surface area contributed by atoms with E-state index in [4.69, 9.17) is 4.52 Å². The molecule has 0 spiro atoms. The summed E-state index contributed by atoms with van der Waals surface area (Å²) in [4.78, 5) is 30.0. The first-order valence-electron chi connectivity index (χ1n) is 8.53. The van der Waals surface area contributed by atoms with Gasteiger partial charge in [0.05, 0.1) is 0 Å². The summed E-state index contributed by atoms with van der Waals surface area (Å²) >= 11 is 0. The number of aryl methyl sites for hydroxylation is 1. The number of carboxylic acid groups (broad SMARTS) is 1. The molecule has 25 heavy (non-hydrogen) atoms. The monoisotopic (exact) mass is 341 g/mol. The second-order valence-corrected chi connectivity index (χ2v) is 6.67. The second-order valence-electron chi connectivity index (χ2n) is 6.67. The molecule has 1 N–H and O–H groups in total. The largest absolute Gasteiger partial charge is 0.480 e. The summed E-state index contributed by atoms with van der Waals surface area (Å²) in [7, 11) is 0. The van der Waals surface area contributed by atoms with Gasteiger partial charge in [-0.25, -0.2) is 4.79 Å². The smallest absolute Gasteiger partial charge is 0.326 e. The Morgan fingerprint density at radius 1 is 1.24 bits per heavy atom. The summed E-state index contributed by atoms with van der Waals surface area (Å²) in [5, 5.41) is 13.4. The molecular formula is C18H19N3O4. The predicted octanol–water partition coefficient (Wildman–Crippen LogP) is 1.92. The number of rotatable bonds is 5. The van der Waals surface area contributed by atoms with Crippen LogP contribution >= 0.6 is 0 Å². The van der Waals surface area contributed by atoms with Gasteiger partial charge in [-0.15, -0.1) is 0 Å². The van der Waals surface area contributed by atoms with Crippen LogP contribution in [0.2, 0.25) is 0 Å². The second kappa shape index (κ2) is 6.31. The van der Waals surface area contributed by atoms with Gasteiger partial charge >= 0.3 is 5.97 Å². The van der Waals surface area contributed by atoms with Gasteiger partial charge in [0.1, 0.15) is 6.04 Å². The molecule has 7 nitrogen and oxygen atoms in total. The number of carboxylic acids is 1. The molecule has 2 aromatic rings. The van der Waals surface area contributed by atoms with Crippen LogP contribution in [0.5, 0.6) is 0 Å². The highest BCUT2D eigenvalue weighted by atomic mass is 16.5. The van der Waals surface area contributed by atoms with Crippen molar-refractivity contribution in [3.63, 3.8) is 0 Å². The molecule has 1 aromatic carbocycles. The van der Waals surface area contributed by atoms with E-state index in [1.807, 2.05) is 24.3 Å². The van der Waals surface area contributed by atoms with Crippen molar-refractivity contribution < 1.29 is 19.2 Å². The van der Waals surface area contributed by atoms with Crippen LogP contribution in [0.1, 0.15) is 48.0 Å². The molecule has 1 saturated carbocycles. The van der Waals surface area contributed by atoms with Gasteiger partial charge in [-0.1, -0.05) is 29.4 Å². The molecule has 1 atom stereocenters. The van der Waals surface area contributed by atoms with E-state index < -0.39 is 12.0 Å². The lowest BCUT2D eigenvalue weighted by Gasteiger charge is -2.34. The van der Waals surface area contributed by atoms with Crippen LogP contribution in [-0.2, 0) is 29.0 Å². The molecule has 2 heterocycles. The van der Waals surface area contributed by atoms with Crippen LogP contribution in [0.3, 0.4) is 0 Å². The molecule has 7 heteroatoms. The topological polar surface area (TPSA) is 96.5 Å². The minimum absolute atomic E-state index is 0.165. The van der Waals surface area contributed by atoms with Gasteiger partial charge in [-0.05, 0) is 24.0 Å². The molecule has 0 bridgehead atoms. The number of benzene rings is 1. The maximum atomic E-state index is 12.6. The fraction of sp³-hybridized carbons (Fsp3) is 0.444. The van der Waals surface area contributed by atoms with Crippen LogP contribution in [-0.4, -0.2) is 38.1 Å². The third kappa shape index (κ3) is 3.26. The molecule has 1 amide bonds. The number of fused-ring (bicyclic) bond motifs is 1. The van der Waals surface area contributed by atoms with Crippen molar-refractivity contribution in [1.82, 2.24) is 15.0 Å². The maximum Gasteiger partial charge on any atom is 0.326 e. The number of aromatic nitrogens is 2. The van der Waals surface area contributed by atoms with Crippen molar-refractivity contribution in [3.05, 3.63) is 47.1 Å². The first-order chi connectivity index (χ1) is 12.1. The third-order valence-electron chi connectivity index (χ3n) is 4.83. The van der Waals surface area contributed by atoms with E-state index in [1.165, 1.54) is 4.90 Å². The third-order valence-corrected chi connectivity index (χ3v) is 4.83. The first-order valence-corrected chi connectivity index (χ1v) is 8.53. The summed E-state index contributed by atoms with van der Waals surface area (Å²) in [6.07, 6.45) is 3.02. The van der Waals surface area contributed by atoms with E-state index in [-0.39, 0.29) is 12.3 Å². The lowest BCUT2D eigenvalue weighted by Crippen LogP contribution is -2.48. The minimum atomic E-state index is -0.975. The Morgan fingerprint density at radius 2 is 2.00 bits per heavy atom. The standard InChI is InChI=1S/C18H19N3O4/c22-16(8-7-15-19-17(20-25-15)11-5-6-11)21-10-13-4-2-1-3-12(13)9-14(21)18(23)24/h1-4,11,14H,5-10H2,(H,23,24). The average molecular weight is 341 g/mol. The van der Waals surface area contributed by atoms with E-state index in [1.54, 1.807) is 0 Å². The van der Waals surface area contributed by atoms with Gasteiger partial charge < -0.3 is 14.5 Å². The number of carbonyl (C=O) groups excluding carboxylic acids is 1. The molecule has 0 saturated heterocycles. The molecule has 1 aliphatic carbocycles. The highest BCUT2D eigenvalue weighted by Gasteiger charge is 2.34. The minimum Gasteiger partial charge on any atom is -0.480 e. The molecule has 1 aromatic heterocycles. The highest BCUT2D eigenvalue weighted by Crippen LogP contribution is 2.38. The molecular weight excluding hydrogens is 322 g/mol. The normalized spacial score (nSPS) is 19.5. The molecule has 0 radical (unpaired) electrons. The van der Waals surface area contributed by atoms with E-state index in [0.717, 1.165) is 29.8 Å². The number of carbonyl (C=O) groups is 2. The lowest BCUT2D eigenvalue weighted by atomic mass is 9.93. The number of amides is 1. The van der Waals surface area contributed by atoms with Crippen molar-refractivity contribution >= 4 is 11.9 Å². The van der Waals surface area contributed by atoms with Gasteiger partial charge in [0.2, 0.25) is 11.8 Å². The Bertz CT molecular complexity index is 812. The van der Waals surface area contributed by atoms with Gasteiger partial charge in [0.15, 0.2) is 5.82 Å². The molecule has 1 unspecified atom stereocenters. The van der Waals surface area contributed by atoms with Crippen molar-refractivity contribution in [2.75, 3.05) is 0 Å². The summed E-state index contributed by atoms with van der Waals surface area (Å²) in [5.41, 5.74) is 1.99. The summed E-state index contributed by atoms with van der Waals surface area (Å²) in [6.45, 7) is 0.323. The van der Waals surface area contributed by atoms with Crippen LogP contribution < -0.4 is 0 Å². The lowest BCUT2D eigenvalue weighted by molar-refractivity contribution is -0.151. The Morgan fingerprint density at radius 3 is 2.72 bits per heavy atom. The van der Waals surface area contributed by atoms with Gasteiger partial charge in [-0.3, -0.25) is 4.79 Å². The number of hydrogen-bond acceptors (Lipinski definition) is 5. The SMILES string of the molecule is O=C(O)C1Cc2ccccc2CN1C(=O)CCc1nc(C2CC2)no1. The van der Waals surface area contributed by atoms with Crippen molar-refractivity contribution in [2.45, 2.75) is 50.6 Å². The van der Waals surface area contributed by atoms with Crippen LogP contribution in [0.15, 0.2) is 28.8 Å². The zero-order chi connectivity index (χ0) is 17.4. The van der Waals surface area contributed by atoms with Crippen LogP contribution in [0.4, 0.5) is 0 Å². The molecule has 1 fully saturated rings. The van der Waals surface area contributed by atoms with Gasteiger partial charge in [0, 0.05) is 31.7 Å². The van der Waals surface area contributed by atoms with Crippen LogP contribution in [0.25, 0.3) is 0 Å². The fourth-order valence-electron chi connectivity index (χ4n) is 3.24. The van der Waals surface area contributed by atoms with E-state index in [2.05, 4.69) is 10.1 Å². The molecule has 1 aliphatic heterocycles. The average Bonchev–Trinajstić information content (AvgIpc) is 3.37. The first kappa shape index (κ1) is 15.8. The summed E-state index contributed by atoms with van der Waals surface area (Å²) < 4.78 is 5.19. The fourth-order valence-corrected chi connectivity index (χ4v) is 3.24. The van der Waals surface area contributed by atoms with E-state index in [9.17, 15) is 14.7 Å². The van der Waals surface area contributed by atoms with Crippen LogP contribution in [0, 0.1) is 0 Å². The predicted molar refractivity (Wildman–Crippen MR) is 86.7 cm³/mol. The zero-order valence-corrected chi connectivity index (χ0v) is 13.7.